The van der Waals surface area contributed by atoms with Gasteiger partial charge in [0, 0.05) is 6.04 Å². The van der Waals surface area contributed by atoms with Crippen LogP contribution in [0.25, 0.3) is 22.4 Å². The molecule has 10 heteroatoms. The van der Waals surface area contributed by atoms with Crippen molar-refractivity contribution in [3.05, 3.63) is 63.9 Å². The number of urea groups is 1. The highest BCUT2D eigenvalue weighted by Crippen LogP contribution is 2.25. The van der Waals surface area contributed by atoms with Crippen LogP contribution in [0.4, 0.5) is 4.79 Å². The fraction of sp³-hybridized carbons (Fsp3) is 0.320. The molecule has 5 rings (SSSR count). The lowest BCUT2D eigenvalue weighted by molar-refractivity contribution is -0.117. The number of aromatic nitrogens is 4. The molecule has 1 saturated carbocycles. The van der Waals surface area contributed by atoms with Gasteiger partial charge >= 0.3 is 6.03 Å². The molecule has 1 aliphatic rings. The van der Waals surface area contributed by atoms with Gasteiger partial charge in [-0.25, -0.2) is 9.36 Å². The molecule has 2 heterocycles. The number of benzene rings is 2. The zero-order valence-corrected chi connectivity index (χ0v) is 20.4. The lowest BCUT2D eigenvalue weighted by Crippen LogP contribution is -2.44. The molecule has 180 valence electrons. The molecule has 2 aromatic carbocycles. The molecule has 1 fully saturated rings. The second kappa shape index (κ2) is 9.53. The van der Waals surface area contributed by atoms with Crippen LogP contribution in [0, 0.1) is 13.8 Å². The number of imide groups is 1. The standard InChI is InChI=1S/C25H26N6O3S/c1-15-8-7-9-16(2)21(15)31-22(33)18-12-5-6-13-19(18)30-24(31)28-29-25(30)35-14-20(32)27-23(34)26-17-10-3-4-11-17/h5-9,12-13,17H,3-4,10-11,14H2,1-2H3,(H2,26,27,32,34). The van der Waals surface area contributed by atoms with Gasteiger partial charge in [-0.3, -0.25) is 19.3 Å². The lowest BCUT2D eigenvalue weighted by Gasteiger charge is -2.15. The number of thioether (sulfide) groups is 1. The van der Waals surface area contributed by atoms with Crippen LogP contribution in [0.2, 0.25) is 0 Å². The number of carbonyl (C=O) groups excluding carboxylic acids is 2. The maximum atomic E-state index is 13.6. The Kier molecular flexibility index (Phi) is 6.29. The van der Waals surface area contributed by atoms with Crippen molar-refractivity contribution in [2.45, 2.75) is 50.7 Å². The zero-order chi connectivity index (χ0) is 24.5. The molecule has 35 heavy (non-hydrogen) atoms. The number of hydrogen-bond donors (Lipinski definition) is 2. The topological polar surface area (TPSA) is 110 Å². The molecule has 0 unspecified atom stereocenters. The van der Waals surface area contributed by atoms with E-state index in [0.29, 0.717) is 21.8 Å². The van der Waals surface area contributed by atoms with Crippen LogP contribution in [0.3, 0.4) is 0 Å². The first-order chi connectivity index (χ1) is 16.9. The maximum absolute atomic E-state index is 13.6. The summed E-state index contributed by atoms with van der Waals surface area (Å²) >= 11 is 1.16. The van der Waals surface area contributed by atoms with Crippen molar-refractivity contribution >= 4 is 40.4 Å². The van der Waals surface area contributed by atoms with Crippen molar-refractivity contribution < 1.29 is 9.59 Å². The van der Waals surface area contributed by atoms with E-state index in [1.54, 1.807) is 15.0 Å². The monoisotopic (exact) mass is 490 g/mol. The number of hydrogen-bond acceptors (Lipinski definition) is 6. The predicted octanol–water partition coefficient (Wildman–Crippen LogP) is 3.51. The van der Waals surface area contributed by atoms with E-state index in [-0.39, 0.29) is 17.4 Å². The second-order valence-electron chi connectivity index (χ2n) is 8.81. The smallest absolute Gasteiger partial charge is 0.321 e. The molecule has 4 aromatic rings. The fourth-order valence-electron chi connectivity index (χ4n) is 4.72. The SMILES string of the molecule is Cc1cccc(C)c1-n1c(=O)c2ccccc2n2c(SCC(=O)NC(=O)NC3CCCC3)nnc12. The normalized spacial score (nSPS) is 14.0. The van der Waals surface area contributed by atoms with Crippen LogP contribution in [0.1, 0.15) is 36.8 Å². The summed E-state index contributed by atoms with van der Waals surface area (Å²) in [6, 6.07) is 12.8. The molecule has 2 N–H and O–H groups in total. The summed E-state index contributed by atoms with van der Waals surface area (Å²) in [5.74, 6) is -0.0713. The molecule has 3 amide bonds. The van der Waals surface area contributed by atoms with Gasteiger partial charge < -0.3 is 5.32 Å². The molecular weight excluding hydrogens is 464 g/mol. The minimum atomic E-state index is -0.470. The molecule has 2 aromatic heterocycles. The van der Waals surface area contributed by atoms with Gasteiger partial charge in [-0.15, -0.1) is 10.2 Å². The Balaban J connectivity index is 1.49. The largest absolute Gasteiger partial charge is 0.335 e. The number of nitrogens with zero attached hydrogens (tertiary/aromatic N) is 4. The summed E-state index contributed by atoms with van der Waals surface area (Å²) in [5, 5.41) is 14.9. The van der Waals surface area contributed by atoms with Gasteiger partial charge in [0.1, 0.15) is 0 Å². The summed E-state index contributed by atoms with van der Waals surface area (Å²) in [6.45, 7) is 3.90. The van der Waals surface area contributed by atoms with Gasteiger partial charge in [-0.1, -0.05) is 54.9 Å². The summed E-state index contributed by atoms with van der Waals surface area (Å²) in [6.07, 6.45) is 4.07. The quantitative estimate of drug-likeness (QED) is 0.414. The number of carbonyl (C=O) groups is 2. The van der Waals surface area contributed by atoms with Gasteiger partial charge in [0.15, 0.2) is 5.16 Å². The molecule has 0 aliphatic heterocycles. The van der Waals surface area contributed by atoms with E-state index in [1.807, 2.05) is 50.2 Å². The molecule has 9 nitrogen and oxygen atoms in total. The first kappa shape index (κ1) is 23.1. The van der Waals surface area contributed by atoms with E-state index in [4.69, 9.17) is 0 Å². The van der Waals surface area contributed by atoms with Crippen LogP contribution in [-0.4, -0.2) is 42.9 Å². The maximum Gasteiger partial charge on any atom is 0.321 e. The minimum Gasteiger partial charge on any atom is -0.335 e. The van der Waals surface area contributed by atoms with Crippen LogP contribution >= 0.6 is 11.8 Å². The molecule has 0 radical (unpaired) electrons. The van der Waals surface area contributed by atoms with Crippen LogP contribution < -0.4 is 16.2 Å². The van der Waals surface area contributed by atoms with Crippen molar-refractivity contribution in [3.63, 3.8) is 0 Å². The predicted molar refractivity (Wildman–Crippen MR) is 135 cm³/mol. The number of nitrogens with one attached hydrogen (secondary N) is 2. The number of amides is 3. The summed E-state index contributed by atoms with van der Waals surface area (Å²) in [4.78, 5) is 38.1. The van der Waals surface area contributed by atoms with Crippen molar-refractivity contribution in [1.29, 1.82) is 0 Å². The highest BCUT2D eigenvalue weighted by atomic mass is 32.2. The van der Waals surface area contributed by atoms with E-state index in [1.165, 1.54) is 0 Å². The Morgan fingerprint density at radius 3 is 2.49 bits per heavy atom. The van der Waals surface area contributed by atoms with E-state index >= 15 is 0 Å². The van der Waals surface area contributed by atoms with Crippen molar-refractivity contribution in [2.75, 3.05) is 5.75 Å². The summed E-state index contributed by atoms with van der Waals surface area (Å²) in [7, 11) is 0. The van der Waals surface area contributed by atoms with E-state index in [9.17, 15) is 14.4 Å². The number of aryl methyl sites for hydroxylation is 2. The van der Waals surface area contributed by atoms with Crippen molar-refractivity contribution in [2.24, 2.45) is 0 Å². The van der Waals surface area contributed by atoms with E-state index in [2.05, 4.69) is 20.8 Å². The van der Waals surface area contributed by atoms with Crippen LogP contribution in [0.15, 0.2) is 52.4 Å². The average Bonchev–Trinajstić information content (AvgIpc) is 3.49. The summed E-state index contributed by atoms with van der Waals surface area (Å²) < 4.78 is 3.37. The van der Waals surface area contributed by atoms with Gasteiger partial charge in [-0.2, -0.15) is 0 Å². The molecule has 0 atom stereocenters. The second-order valence-corrected chi connectivity index (χ2v) is 9.75. The van der Waals surface area contributed by atoms with Gasteiger partial charge in [0.05, 0.1) is 22.3 Å². The Hall–Kier alpha value is -3.66. The number of fused-ring (bicyclic) bond motifs is 3. The highest BCUT2D eigenvalue weighted by molar-refractivity contribution is 7.99. The average molecular weight is 491 g/mol. The first-order valence-electron chi connectivity index (χ1n) is 11.6. The Morgan fingerprint density at radius 2 is 1.74 bits per heavy atom. The molecule has 0 saturated heterocycles. The third-order valence-electron chi connectivity index (χ3n) is 6.33. The van der Waals surface area contributed by atoms with Gasteiger partial charge in [-0.05, 0) is 49.9 Å². The van der Waals surface area contributed by atoms with Crippen LogP contribution in [-0.2, 0) is 4.79 Å². The minimum absolute atomic E-state index is 0.0181. The lowest BCUT2D eigenvalue weighted by atomic mass is 10.1. The number of rotatable bonds is 5. The first-order valence-corrected chi connectivity index (χ1v) is 12.6. The number of para-hydroxylation sites is 2. The Morgan fingerprint density at radius 1 is 1.03 bits per heavy atom. The van der Waals surface area contributed by atoms with Gasteiger partial charge in [0.2, 0.25) is 11.7 Å². The Bertz CT molecular complexity index is 1480. The molecule has 0 bridgehead atoms. The fourth-order valence-corrected chi connectivity index (χ4v) is 5.46. The third kappa shape index (κ3) is 4.41. The molecule has 0 spiro atoms. The Labute approximate surface area is 205 Å². The molecular formula is C25H26N6O3S. The third-order valence-corrected chi connectivity index (χ3v) is 7.26. The zero-order valence-electron chi connectivity index (χ0n) is 19.6. The summed E-state index contributed by atoms with van der Waals surface area (Å²) in [5.41, 5.74) is 3.11. The van der Waals surface area contributed by atoms with E-state index in [0.717, 1.165) is 54.3 Å². The van der Waals surface area contributed by atoms with Crippen molar-refractivity contribution in [3.8, 4) is 5.69 Å². The highest BCUT2D eigenvalue weighted by Gasteiger charge is 2.21. The van der Waals surface area contributed by atoms with Gasteiger partial charge in [0.25, 0.3) is 5.56 Å². The van der Waals surface area contributed by atoms with Crippen molar-refractivity contribution in [1.82, 2.24) is 29.8 Å². The molecule has 1 aliphatic carbocycles. The van der Waals surface area contributed by atoms with Crippen LogP contribution in [0.5, 0.6) is 0 Å². The van der Waals surface area contributed by atoms with E-state index < -0.39 is 11.9 Å².